The largest absolute Gasteiger partial charge is 0.508 e. The minimum absolute atomic E-state index is 0.0187. The summed E-state index contributed by atoms with van der Waals surface area (Å²) in [5, 5.41) is 27.7. The molecule has 214 valence electrons. The van der Waals surface area contributed by atoms with E-state index in [9.17, 15) is 29.4 Å². The summed E-state index contributed by atoms with van der Waals surface area (Å²) in [7, 11) is 0. The Labute approximate surface area is 236 Å². The first-order valence-corrected chi connectivity index (χ1v) is 14.2. The summed E-state index contributed by atoms with van der Waals surface area (Å²) >= 11 is 1.56. The summed E-state index contributed by atoms with van der Waals surface area (Å²) in [5.41, 5.74) is 8.29. The first-order chi connectivity index (χ1) is 19.1. The van der Waals surface area contributed by atoms with Gasteiger partial charge < -0.3 is 36.9 Å². The van der Waals surface area contributed by atoms with E-state index in [1.807, 2.05) is 30.5 Å². The van der Waals surface area contributed by atoms with Gasteiger partial charge in [-0.25, -0.2) is 4.79 Å². The first kappa shape index (κ1) is 30.5. The van der Waals surface area contributed by atoms with Crippen LogP contribution < -0.4 is 21.7 Å². The summed E-state index contributed by atoms with van der Waals surface area (Å²) in [6.45, 7) is 1.43. The lowest BCUT2D eigenvalue weighted by atomic mass is 10.0. The summed E-state index contributed by atoms with van der Waals surface area (Å²) in [5.74, 6) is -2.32. The molecule has 0 aliphatic heterocycles. The number of aromatic nitrogens is 1. The molecule has 0 bridgehead atoms. The number of phenolic OH excluding ortho intramolecular Hbond substituents is 1. The molecule has 0 radical (unpaired) electrons. The van der Waals surface area contributed by atoms with E-state index in [0.29, 0.717) is 17.7 Å². The number of hydrogen-bond acceptors (Lipinski definition) is 7. The Morgan fingerprint density at radius 2 is 1.60 bits per heavy atom. The number of aromatic hydroxyl groups is 1. The molecule has 11 nitrogen and oxygen atoms in total. The number of phenols is 1. The van der Waals surface area contributed by atoms with Gasteiger partial charge in [-0.3, -0.25) is 14.4 Å². The van der Waals surface area contributed by atoms with Crippen molar-refractivity contribution < 1.29 is 29.4 Å². The molecule has 40 heavy (non-hydrogen) atoms. The number of hydrogen-bond donors (Lipinski definition) is 7. The van der Waals surface area contributed by atoms with Gasteiger partial charge in [-0.15, -0.1) is 0 Å². The SMILES string of the molecule is CSCCC(N)C(=O)NC(Cc1c[nH]c2ccccc12)C(=O)NC(C)C(=O)NC(Cc1ccc(O)cc1)C(=O)O. The Kier molecular flexibility index (Phi) is 11.0. The number of carbonyl (C=O) groups excluding carboxylic acids is 3. The predicted octanol–water partition coefficient (Wildman–Crippen LogP) is 1.30. The van der Waals surface area contributed by atoms with Crippen LogP contribution in [0.2, 0.25) is 0 Å². The minimum Gasteiger partial charge on any atom is -0.508 e. The van der Waals surface area contributed by atoms with Crippen molar-refractivity contribution in [3.8, 4) is 5.75 Å². The fourth-order valence-corrected chi connectivity index (χ4v) is 4.62. The van der Waals surface area contributed by atoms with Crippen molar-refractivity contribution in [3.63, 3.8) is 0 Å². The molecule has 0 spiro atoms. The number of rotatable bonds is 14. The Bertz CT molecular complexity index is 1330. The number of aromatic amines is 1. The third-order valence-corrected chi connectivity index (χ3v) is 7.09. The fraction of sp³-hybridized carbons (Fsp3) is 0.357. The van der Waals surface area contributed by atoms with Crippen molar-refractivity contribution in [2.24, 2.45) is 5.73 Å². The molecule has 0 aliphatic rings. The summed E-state index contributed by atoms with van der Waals surface area (Å²) in [4.78, 5) is 53.9. The molecule has 4 atom stereocenters. The Morgan fingerprint density at radius 1 is 0.925 bits per heavy atom. The van der Waals surface area contributed by atoms with Crippen molar-refractivity contribution >= 4 is 46.4 Å². The van der Waals surface area contributed by atoms with E-state index in [1.165, 1.54) is 19.1 Å². The summed E-state index contributed by atoms with van der Waals surface area (Å²) in [6.07, 6.45) is 4.23. The summed E-state index contributed by atoms with van der Waals surface area (Å²) < 4.78 is 0. The molecule has 0 saturated carbocycles. The van der Waals surface area contributed by atoms with Crippen LogP contribution in [0.3, 0.4) is 0 Å². The van der Waals surface area contributed by atoms with Gasteiger partial charge in [0, 0.05) is 29.9 Å². The first-order valence-electron chi connectivity index (χ1n) is 12.8. The predicted molar refractivity (Wildman–Crippen MR) is 154 cm³/mol. The molecule has 1 heterocycles. The quantitative estimate of drug-likeness (QED) is 0.151. The lowest BCUT2D eigenvalue weighted by Gasteiger charge is -2.23. The number of amides is 3. The molecular formula is C28H35N5O6S. The molecule has 3 aromatic rings. The van der Waals surface area contributed by atoms with Crippen LogP contribution in [0.5, 0.6) is 5.75 Å². The molecule has 0 aliphatic carbocycles. The topological polar surface area (TPSA) is 187 Å². The van der Waals surface area contributed by atoms with Crippen molar-refractivity contribution in [2.75, 3.05) is 12.0 Å². The highest BCUT2D eigenvalue weighted by Crippen LogP contribution is 2.19. The van der Waals surface area contributed by atoms with Gasteiger partial charge in [0.25, 0.3) is 0 Å². The maximum absolute atomic E-state index is 13.3. The van der Waals surface area contributed by atoms with E-state index in [1.54, 1.807) is 30.1 Å². The van der Waals surface area contributed by atoms with Crippen LogP contribution in [-0.4, -0.2) is 75.1 Å². The summed E-state index contributed by atoms with van der Waals surface area (Å²) in [6, 6.07) is 9.33. The van der Waals surface area contributed by atoms with Gasteiger partial charge in [0.2, 0.25) is 17.7 Å². The van der Waals surface area contributed by atoms with Gasteiger partial charge in [0.15, 0.2) is 0 Å². The number of para-hydroxylation sites is 1. The van der Waals surface area contributed by atoms with Gasteiger partial charge in [-0.05, 0) is 54.7 Å². The van der Waals surface area contributed by atoms with Crippen molar-refractivity contribution in [1.29, 1.82) is 0 Å². The second-order valence-electron chi connectivity index (χ2n) is 9.51. The molecule has 12 heteroatoms. The van der Waals surface area contributed by atoms with Crippen LogP contribution in [0, 0.1) is 0 Å². The zero-order valence-corrected chi connectivity index (χ0v) is 23.2. The second-order valence-corrected chi connectivity index (χ2v) is 10.5. The average Bonchev–Trinajstić information content (AvgIpc) is 3.34. The lowest BCUT2D eigenvalue weighted by Crippen LogP contribution is -2.57. The highest BCUT2D eigenvalue weighted by Gasteiger charge is 2.29. The third-order valence-electron chi connectivity index (χ3n) is 6.44. The Balaban J connectivity index is 1.71. The fourth-order valence-electron chi connectivity index (χ4n) is 4.13. The molecule has 0 fully saturated rings. The highest BCUT2D eigenvalue weighted by atomic mass is 32.2. The number of thioether (sulfide) groups is 1. The van der Waals surface area contributed by atoms with E-state index < -0.39 is 47.9 Å². The number of nitrogens with one attached hydrogen (secondary N) is 4. The van der Waals surface area contributed by atoms with Crippen LogP contribution in [0.15, 0.2) is 54.7 Å². The zero-order valence-electron chi connectivity index (χ0n) is 22.3. The minimum atomic E-state index is -1.26. The van der Waals surface area contributed by atoms with E-state index in [4.69, 9.17) is 5.73 Å². The van der Waals surface area contributed by atoms with Crippen molar-refractivity contribution in [1.82, 2.24) is 20.9 Å². The average molecular weight is 570 g/mol. The van der Waals surface area contributed by atoms with Crippen LogP contribution in [0.25, 0.3) is 10.9 Å². The van der Waals surface area contributed by atoms with Crippen LogP contribution in [0.4, 0.5) is 0 Å². The van der Waals surface area contributed by atoms with Crippen molar-refractivity contribution in [2.45, 2.75) is 50.4 Å². The molecule has 2 aromatic carbocycles. The van der Waals surface area contributed by atoms with Crippen molar-refractivity contribution in [3.05, 3.63) is 65.9 Å². The molecule has 3 rings (SSSR count). The van der Waals surface area contributed by atoms with E-state index in [2.05, 4.69) is 20.9 Å². The molecule has 3 amide bonds. The Hall–Kier alpha value is -4.03. The standard InChI is InChI=1S/C28H35N5O6S/c1-16(25(35)33-24(28(38)39)13-17-7-9-19(34)10-8-17)31-27(37)23(32-26(36)21(29)11-12-40-2)14-18-15-30-22-6-4-3-5-20(18)22/h3-10,15-16,21,23-24,30,34H,11-14,29H2,1-2H3,(H,31,37)(H,32,36)(H,33,35)(H,38,39). The number of carboxylic acids is 1. The molecule has 8 N–H and O–H groups in total. The number of nitrogens with two attached hydrogens (primary N) is 1. The normalized spacial score (nSPS) is 14.1. The molecular weight excluding hydrogens is 534 g/mol. The molecule has 1 aromatic heterocycles. The number of carbonyl (C=O) groups is 4. The zero-order chi connectivity index (χ0) is 29.2. The van der Waals surface area contributed by atoms with E-state index >= 15 is 0 Å². The molecule has 4 unspecified atom stereocenters. The van der Waals surface area contributed by atoms with Gasteiger partial charge >= 0.3 is 5.97 Å². The number of aliphatic carboxylic acids is 1. The van der Waals surface area contributed by atoms with Gasteiger partial charge in [-0.1, -0.05) is 30.3 Å². The number of fused-ring (bicyclic) bond motifs is 1. The second kappa shape index (κ2) is 14.4. The maximum Gasteiger partial charge on any atom is 0.326 e. The smallest absolute Gasteiger partial charge is 0.326 e. The van der Waals surface area contributed by atoms with Gasteiger partial charge in [-0.2, -0.15) is 11.8 Å². The monoisotopic (exact) mass is 569 g/mol. The highest BCUT2D eigenvalue weighted by molar-refractivity contribution is 7.98. The Morgan fingerprint density at radius 3 is 2.27 bits per heavy atom. The van der Waals surface area contributed by atoms with Crippen LogP contribution in [0.1, 0.15) is 24.5 Å². The number of benzene rings is 2. The molecule has 0 saturated heterocycles. The van der Waals surface area contributed by atoms with Crippen LogP contribution >= 0.6 is 11.8 Å². The van der Waals surface area contributed by atoms with E-state index in [0.717, 1.165) is 16.5 Å². The van der Waals surface area contributed by atoms with Crippen LogP contribution in [-0.2, 0) is 32.0 Å². The maximum atomic E-state index is 13.3. The third kappa shape index (κ3) is 8.48. The van der Waals surface area contributed by atoms with E-state index in [-0.39, 0.29) is 18.6 Å². The number of H-pyrrole nitrogens is 1. The number of carboxylic acid groups (broad SMARTS) is 1. The van der Waals surface area contributed by atoms with Gasteiger partial charge in [0.1, 0.15) is 23.9 Å². The van der Waals surface area contributed by atoms with Gasteiger partial charge in [0.05, 0.1) is 6.04 Å². The lowest BCUT2D eigenvalue weighted by molar-refractivity contribution is -0.142.